The van der Waals surface area contributed by atoms with E-state index in [9.17, 15) is 4.79 Å². The number of hydrogen-bond donors (Lipinski definition) is 1. The van der Waals surface area contributed by atoms with E-state index in [4.69, 9.17) is 0 Å². The summed E-state index contributed by atoms with van der Waals surface area (Å²) in [6.07, 6.45) is 4.79. The van der Waals surface area contributed by atoms with Gasteiger partial charge in [0, 0.05) is 16.6 Å². The fourth-order valence-electron chi connectivity index (χ4n) is 1.88. The van der Waals surface area contributed by atoms with Crippen molar-refractivity contribution in [3.63, 3.8) is 0 Å². The van der Waals surface area contributed by atoms with Gasteiger partial charge in [-0.05, 0) is 36.6 Å². The molecule has 0 aliphatic carbocycles. The van der Waals surface area contributed by atoms with Gasteiger partial charge in [-0.1, -0.05) is 49.0 Å². The molecule has 0 aromatic heterocycles. The Bertz CT molecular complexity index is 361. The smallest absolute Gasteiger partial charge is 0.251 e. The average molecular weight is 312 g/mol. The molecule has 3 heteroatoms. The van der Waals surface area contributed by atoms with E-state index in [-0.39, 0.29) is 5.91 Å². The van der Waals surface area contributed by atoms with Crippen LogP contribution in [0.5, 0.6) is 0 Å². The van der Waals surface area contributed by atoms with Gasteiger partial charge in [-0.3, -0.25) is 4.79 Å². The Kier molecular flexibility index (Phi) is 7.02. The molecule has 1 aromatic rings. The molecule has 1 amide bonds. The first kappa shape index (κ1) is 15.2. The standard InChI is InChI=1S/C15H22BrNO/c1-3-5-6-12(4-2)11-17-15(18)13-7-9-14(16)10-8-13/h7-10,12H,3-6,11H2,1-2H3,(H,17,18)/t12-/m1/s1. The van der Waals surface area contributed by atoms with Gasteiger partial charge in [0.15, 0.2) is 0 Å². The number of halogens is 1. The summed E-state index contributed by atoms with van der Waals surface area (Å²) in [5.41, 5.74) is 0.726. The van der Waals surface area contributed by atoms with Crippen LogP contribution in [0.2, 0.25) is 0 Å². The van der Waals surface area contributed by atoms with Crippen molar-refractivity contribution in [1.82, 2.24) is 5.32 Å². The van der Waals surface area contributed by atoms with Gasteiger partial charge < -0.3 is 5.32 Å². The van der Waals surface area contributed by atoms with Crippen LogP contribution in [0.4, 0.5) is 0 Å². The molecule has 0 bridgehead atoms. The van der Waals surface area contributed by atoms with Crippen molar-refractivity contribution in [2.24, 2.45) is 5.92 Å². The summed E-state index contributed by atoms with van der Waals surface area (Å²) in [7, 11) is 0. The Morgan fingerprint density at radius 3 is 2.50 bits per heavy atom. The van der Waals surface area contributed by atoms with Gasteiger partial charge in [0.25, 0.3) is 5.91 Å². The summed E-state index contributed by atoms with van der Waals surface area (Å²) in [6.45, 7) is 5.17. The van der Waals surface area contributed by atoms with Gasteiger partial charge in [0.1, 0.15) is 0 Å². The molecule has 0 spiro atoms. The first-order valence-corrected chi connectivity index (χ1v) is 7.50. The molecule has 1 rings (SSSR count). The summed E-state index contributed by atoms with van der Waals surface area (Å²) >= 11 is 3.36. The van der Waals surface area contributed by atoms with Gasteiger partial charge in [-0.25, -0.2) is 0 Å². The van der Waals surface area contributed by atoms with Gasteiger partial charge in [0.05, 0.1) is 0 Å². The zero-order chi connectivity index (χ0) is 13.4. The topological polar surface area (TPSA) is 29.1 Å². The fourth-order valence-corrected chi connectivity index (χ4v) is 2.15. The van der Waals surface area contributed by atoms with Crippen molar-refractivity contribution in [3.8, 4) is 0 Å². The van der Waals surface area contributed by atoms with Crippen molar-refractivity contribution in [1.29, 1.82) is 0 Å². The van der Waals surface area contributed by atoms with Crippen molar-refractivity contribution in [2.45, 2.75) is 39.5 Å². The summed E-state index contributed by atoms with van der Waals surface area (Å²) < 4.78 is 0.994. The van der Waals surface area contributed by atoms with Crippen molar-refractivity contribution in [3.05, 3.63) is 34.3 Å². The minimum absolute atomic E-state index is 0.0254. The van der Waals surface area contributed by atoms with Crippen LogP contribution in [0.15, 0.2) is 28.7 Å². The van der Waals surface area contributed by atoms with Crippen LogP contribution in [0.3, 0.4) is 0 Å². The molecule has 0 saturated heterocycles. The Morgan fingerprint density at radius 2 is 1.94 bits per heavy atom. The largest absolute Gasteiger partial charge is 0.352 e. The predicted molar refractivity (Wildman–Crippen MR) is 79.8 cm³/mol. The molecule has 1 atom stereocenters. The highest BCUT2D eigenvalue weighted by molar-refractivity contribution is 9.10. The zero-order valence-electron chi connectivity index (χ0n) is 11.2. The average Bonchev–Trinajstić information content (AvgIpc) is 2.39. The third kappa shape index (κ3) is 5.21. The van der Waals surface area contributed by atoms with Crippen LogP contribution < -0.4 is 5.32 Å². The van der Waals surface area contributed by atoms with Crippen LogP contribution in [-0.2, 0) is 0 Å². The van der Waals surface area contributed by atoms with E-state index < -0.39 is 0 Å². The third-order valence-corrected chi connectivity index (χ3v) is 3.73. The highest BCUT2D eigenvalue weighted by Crippen LogP contribution is 2.13. The lowest BCUT2D eigenvalue weighted by molar-refractivity contribution is 0.0946. The molecule has 1 aromatic carbocycles. The Balaban J connectivity index is 2.42. The lowest BCUT2D eigenvalue weighted by atomic mass is 9.99. The number of amides is 1. The second kappa shape index (κ2) is 8.30. The maximum atomic E-state index is 11.9. The molecule has 2 nitrogen and oxygen atoms in total. The quantitative estimate of drug-likeness (QED) is 0.794. The summed E-state index contributed by atoms with van der Waals surface area (Å²) in [5, 5.41) is 3.02. The van der Waals surface area contributed by atoms with Gasteiger partial charge in [-0.2, -0.15) is 0 Å². The van der Waals surface area contributed by atoms with E-state index in [1.165, 1.54) is 19.3 Å². The van der Waals surface area contributed by atoms with Crippen molar-refractivity contribution in [2.75, 3.05) is 6.54 Å². The van der Waals surface area contributed by atoms with E-state index in [2.05, 4.69) is 35.1 Å². The molecular weight excluding hydrogens is 290 g/mol. The fraction of sp³-hybridized carbons (Fsp3) is 0.533. The molecule has 1 N–H and O–H groups in total. The van der Waals surface area contributed by atoms with E-state index in [1.54, 1.807) is 0 Å². The van der Waals surface area contributed by atoms with Crippen LogP contribution >= 0.6 is 15.9 Å². The number of benzene rings is 1. The normalized spacial score (nSPS) is 12.2. The van der Waals surface area contributed by atoms with E-state index in [0.29, 0.717) is 5.92 Å². The lowest BCUT2D eigenvalue weighted by Crippen LogP contribution is -2.29. The second-order valence-electron chi connectivity index (χ2n) is 4.63. The highest BCUT2D eigenvalue weighted by atomic mass is 79.9. The first-order chi connectivity index (χ1) is 8.67. The zero-order valence-corrected chi connectivity index (χ0v) is 12.8. The summed E-state index contributed by atoms with van der Waals surface area (Å²) in [4.78, 5) is 11.9. The minimum atomic E-state index is 0.0254. The molecule has 0 aliphatic rings. The van der Waals surface area contributed by atoms with Gasteiger partial charge in [0.2, 0.25) is 0 Å². The lowest BCUT2D eigenvalue weighted by Gasteiger charge is -2.15. The molecule has 0 saturated carbocycles. The first-order valence-electron chi connectivity index (χ1n) is 6.71. The van der Waals surface area contributed by atoms with Crippen LogP contribution in [-0.4, -0.2) is 12.5 Å². The molecule has 0 heterocycles. The number of nitrogens with one attached hydrogen (secondary N) is 1. The third-order valence-electron chi connectivity index (χ3n) is 3.20. The molecule has 0 radical (unpaired) electrons. The van der Waals surface area contributed by atoms with Gasteiger partial charge in [-0.15, -0.1) is 0 Å². The molecular formula is C15H22BrNO. The minimum Gasteiger partial charge on any atom is -0.352 e. The van der Waals surface area contributed by atoms with E-state index in [1.807, 2.05) is 24.3 Å². The molecule has 0 fully saturated rings. The number of hydrogen-bond acceptors (Lipinski definition) is 1. The maximum absolute atomic E-state index is 11.9. The number of carbonyl (C=O) groups excluding carboxylic acids is 1. The van der Waals surface area contributed by atoms with E-state index in [0.717, 1.165) is 23.0 Å². The van der Waals surface area contributed by atoms with Crippen LogP contribution in [0, 0.1) is 5.92 Å². The number of carbonyl (C=O) groups is 1. The SMILES string of the molecule is CCCC[C@@H](CC)CNC(=O)c1ccc(Br)cc1. The van der Waals surface area contributed by atoms with Crippen molar-refractivity contribution < 1.29 is 4.79 Å². The van der Waals surface area contributed by atoms with Crippen molar-refractivity contribution >= 4 is 21.8 Å². The molecule has 0 unspecified atom stereocenters. The van der Waals surface area contributed by atoms with Gasteiger partial charge >= 0.3 is 0 Å². The number of rotatable bonds is 7. The number of unbranched alkanes of at least 4 members (excludes halogenated alkanes) is 1. The summed E-state index contributed by atoms with van der Waals surface area (Å²) in [5.74, 6) is 0.627. The Labute approximate surface area is 118 Å². The molecule has 0 aliphatic heterocycles. The predicted octanol–water partition coefficient (Wildman–Crippen LogP) is 4.40. The second-order valence-corrected chi connectivity index (χ2v) is 5.55. The summed E-state index contributed by atoms with van der Waals surface area (Å²) in [6, 6.07) is 7.46. The monoisotopic (exact) mass is 311 g/mol. The van der Waals surface area contributed by atoms with Crippen LogP contribution in [0.1, 0.15) is 49.9 Å². The van der Waals surface area contributed by atoms with Crippen LogP contribution in [0.25, 0.3) is 0 Å². The Hall–Kier alpha value is -0.830. The molecule has 18 heavy (non-hydrogen) atoms. The Morgan fingerprint density at radius 1 is 1.28 bits per heavy atom. The maximum Gasteiger partial charge on any atom is 0.251 e. The molecule has 100 valence electrons. The highest BCUT2D eigenvalue weighted by Gasteiger charge is 2.09. The van der Waals surface area contributed by atoms with E-state index >= 15 is 0 Å².